The maximum absolute atomic E-state index is 10.4. The summed E-state index contributed by atoms with van der Waals surface area (Å²) in [5, 5.41) is 21.8. The Kier molecular flexibility index (Phi) is 11.1. The number of aromatic hydroxyl groups is 1. The summed E-state index contributed by atoms with van der Waals surface area (Å²) in [4.78, 5) is 7.53. The molecule has 0 radical (unpaired) electrons. The van der Waals surface area contributed by atoms with Gasteiger partial charge in [-0.25, -0.2) is 4.98 Å². The number of rotatable bonds is 6. The van der Waals surface area contributed by atoms with Crippen molar-refractivity contribution < 1.29 is 5.11 Å². The van der Waals surface area contributed by atoms with Gasteiger partial charge < -0.3 is 20.6 Å². The van der Waals surface area contributed by atoms with Crippen molar-refractivity contribution in [3.8, 4) is 17.0 Å². The average Bonchev–Trinajstić information content (AvgIpc) is 3.55. The number of hydrogen-bond donors (Lipinski definition) is 3. The van der Waals surface area contributed by atoms with Gasteiger partial charge in [-0.05, 0) is 62.6 Å². The number of anilines is 2. The highest BCUT2D eigenvalue weighted by Gasteiger charge is 2.30. The van der Waals surface area contributed by atoms with Crippen LogP contribution in [0.4, 0.5) is 11.5 Å². The Labute approximate surface area is 223 Å². The molecular weight excluding hydrogens is 460 g/mol. The van der Waals surface area contributed by atoms with E-state index in [9.17, 15) is 5.11 Å². The molecular formula is C30H48N6O. The molecule has 2 aliphatic rings. The quantitative estimate of drug-likeness (QED) is 0.336. The largest absolute Gasteiger partial charge is 0.507 e. The van der Waals surface area contributed by atoms with Gasteiger partial charge in [-0.1, -0.05) is 53.2 Å². The lowest BCUT2D eigenvalue weighted by molar-refractivity contribution is 0.127. The number of fused-ring (bicyclic) bond motifs is 1. The number of piperidine rings is 1. The SMILES string of the molecule is CC.CCC.CNc1cnn2c(NCC3CCCN(C4CCC(C)C4)C3)cc(-c3ccccc3O)nc12. The summed E-state index contributed by atoms with van der Waals surface area (Å²) in [6.45, 7) is 14.0. The second kappa shape index (κ2) is 14.2. The summed E-state index contributed by atoms with van der Waals surface area (Å²) in [7, 11) is 1.87. The minimum atomic E-state index is 0.231. The van der Waals surface area contributed by atoms with E-state index in [4.69, 9.17) is 4.98 Å². The van der Waals surface area contributed by atoms with Crippen LogP contribution in [0.5, 0.6) is 5.75 Å². The first-order valence-electron chi connectivity index (χ1n) is 14.4. The predicted octanol–water partition coefficient (Wildman–Crippen LogP) is 6.90. The Hall–Kier alpha value is -2.80. The molecule has 204 valence electrons. The zero-order valence-corrected chi connectivity index (χ0v) is 23.8. The highest BCUT2D eigenvalue weighted by Crippen LogP contribution is 2.33. The molecule has 7 nitrogen and oxygen atoms in total. The molecule has 7 heteroatoms. The van der Waals surface area contributed by atoms with Crippen molar-refractivity contribution in [2.45, 2.75) is 79.2 Å². The Bertz CT molecular complexity index is 1100. The smallest absolute Gasteiger partial charge is 0.181 e. The third-order valence-electron chi connectivity index (χ3n) is 7.23. The molecule has 1 aliphatic heterocycles. The molecule has 3 atom stereocenters. The molecule has 1 saturated carbocycles. The van der Waals surface area contributed by atoms with Crippen LogP contribution in [0.3, 0.4) is 0 Å². The van der Waals surface area contributed by atoms with Gasteiger partial charge in [0.2, 0.25) is 0 Å². The number of likely N-dealkylation sites (tertiary alicyclic amines) is 1. The zero-order chi connectivity index (χ0) is 26.8. The zero-order valence-electron chi connectivity index (χ0n) is 23.8. The van der Waals surface area contributed by atoms with Crippen LogP contribution in [0.1, 0.15) is 73.1 Å². The second-order valence-corrected chi connectivity index (χ2v) is 10.3. The molecule has 1 aromatic carbocycles. The van der Waals surface area contributed by atoms with Crippen molar-refractivity contribution in [1.29, 1.82) is 0 Å². The van der Waals surface area contributed by atoms with Gasteiger partial charge in [0, 0.05) is 37.8 Å². The van der Waals surface area contributed by atoms with Crippen LogP contribution < -0.4 is 10.6 Å². The van der Waals surface area contributed by atoms with Crippen molar-refractivity contribution in [2.24, 2.45) is 11.8 Å². The number of benzene rings is 1. The van der Waals surface area contributed by atoms with Crippen LogP contribution in [0.15, 0.2) is 36.5 Å². The van der Waals surface area contributed by atoms with Crippen molar-refractivity contribution >= 4 is 17.2 Å². The van der Waals surface area contributed by atoms with E-state index >= 15 is 0 Å². The molecule has 3 N–H and O–H groups in total. The number of phenols is 1. The maximum Gasteiger partial charge on any atom is 0.181 e. The Morgan fingerprint density at radius 2 is 1.86 bits per heavy atom. The summed E-state index contributed by atoms with van der Waals surface area (Å²) in [5.74, 6) is 2.63. The van der Waals surface area contributed by atoms with Gasteiger partial charge in [0.15, 0.2) is 5.65 Å². The minimum absolute atomic E-state index is 0.231. The van der Waals surface area contributed by atoms with Gasteiger partial charge in [-0.3, -0.25) is 0 Å². The lowest BCUT2D eigenvalue weighted by Crippen LogP contribution is -2.43. The van der Waals surface area contributed by atoms with Crippen molar-refractivity contribution in [1.82, 2.24) is 19.5 Å². The monoisotopic (exact) mass is 508 g/mol. The van der Waals surface area contributed by atoms with Crippen LogP contribution >= 0.6 is 0 Å². The number of hydrogen-bond acceptors (Lipinski definition) is 6. The molecule has 3 unspecified atom stereocenters. The fourth-order valence-corrected chi connectivity index (χ4v) is 5.45. The summed E-state index contributed by atoms with van der Waals surface area (Å²) >= 11 is 0. The number of phenolic OH excluding ortho intramolecular Hbond substituents is 1. The third kappa shape index (κ3) is 7.16. The number of para-hydroxylation sites is 1. The molecule has 5 rings (SSSR count). The molecule has 1 aliphatic carbocycles. The molecule has 1 saturated heterocycles. The lowest BCUT2D eigenvalue weighted by atomic mass is 9.96. The first-order valence-corrected chi connectivity index (χ1v) is 14.4. The van der Waals surface area contributed by atoms with Gasteiger partial charge in [0.05, 0.1) is 17.6 Å². The minimum Gasteiger partial charge on any atom is -0.507 e. The van der Waals surface area contributed by atoms with E-state index in [1.807, 2.05) is 49.7 Å². The molecule has 0 bridgehead atoms. The van der Waals surface area contributed by atoms with Crippen LogP contribution in [0.2, 0.25) is 0 Å². The Balaban J connectivity index is 0.000000711. The normalized spacial score (nSPS) is 21.5. The van der Waals surface area contributed by atoms with Gasteiger partial charge in [0.1, 0.15) is 11.6 Å². The molecule has 37 heavy (non-hydrogen) atoms. The molecule has 2 fully saturated rings. The van der Waals surface area contributed by atoms with Crippen LogP contribution in [-0.4, -0.2) is 57.3 Å². The number of nitrogens with one attached hydrogen (secondary N) is 2. The lowest BCUT2D eigenvalue weighted by Gasteiger charge is -2.37. The fourth-order valence-electron chi connectivity index (χ4n) is 5.45. The van der Waals surface area contributed by atoms with Gasteiger partial charge >= 0.3 is 0 Å². The molecule has 2 aromatic heterocycles. The third-order valence-corrected chi connectivity index (χ3v) is 7.23. The van der Waals surface area contributed by atoms with E-state index in [1.165, 1.54) is 51.6 Å². The van der Waals surface area contributed by atoms with E-state index in [-0.39, 0.29) is 5.75 Å². The number of aromatic nitrogens is 3. The topological polar surface area (TPSA) is 77.7 Å². The molecule has 3 heterocycles. The highest BCUT2D eigenvalue weighted by atomic mass is 16.3. The summed E-state index contributed by atoms with van der Waals surface area (Å²) < 4.78 is 1.86. The van der Waals surface area contributed by atoms with Gasteiger partial charge in [-0.2, -0.15) is 9.61 Å². The highest BCUT2D eigenvalue weighted by molar-refractivity contribution is 5.76. The summed E-state index contributed by atoms with van der Waals surface area (Å²) in [6.07, 6.45) is 9.67. The van der Waals surface area contributed by atoms with E-state index in [0.717, 1.165) is 46.9 Å². The van der Waals surface area contributed by atoms with E-state index < -0.39 is 0 Å². The first kappa shape index (κ1) is 28.8. The standard InChI is InChI=1S/C25H34N6O.C3H8.C2H6/c1-17-9-10-19(12-17)30-11-5-6-18(16-30)14-27-24-13-21(20-7-3-4-8-23(20)32)29-25-22(26-2)15-28-31(24)25;1-3-2;1-2/h3-4,7-8,13,15,17-19,26-27,32H,5-6,9-12,14,16H2,1-2H3;3H2,1-2H3;1-2H3. The van der Waals surface area contributed by atoms with Gasteiger partial charge in [-0.15, -0.1) is 0 Å². The Morgan fingerprint density at radius 1 is 1.11 bits per heavy atom. The summed E-state index contributed by atoms with van der Waals surface area (Å²) in [5.41, 5.74) is 3.08. The van der Waals surface area contributed by atoms with E-state index in [0.29, 0.717) is 5.92 Å². The fraction of sp³-hybridized carbons (Fsp3) is 0.600. The molecule has 3 aromatic rings. The first-order chi connectivity index (χ1) is 18.0. The van der Waals surface area contributed by atoms with Crippen LogP contribution in [0, 0.1) is 11.8 Å². The maximum atomic E-state index is 10.4. The van der Waals surface area contributed by atoms with Crippen molar-refractivity contribution in [3.05, 3.63) is 36.5 Å². The van der Waals surface area contributed by atoms with Gasteiger partial charge in [0.25, 0.3) is 0 Å². The van der Waals surface area contributed by atoms with E-state index in [1.54, 1.807) is 12.3 Å². The van der Waals surface area contributed by atoms with E-state index in [2.05, 4.69) is 41.4 Å². The average molecular weight is 509 g/mol. The van der Waals surface area contributed by atoms with Crippen LogP contribution in [0.25, 0.3) is 16.9 Å². The Morgan fingerprint density at radius 3 is 2.54 bits per heavy atom. The van der Waals surface area contributed by atoms with Crippen molar-refractivity contribution in [3.63, 3.8) is 0 Å². The molecule has 0 amide bonds. The predicted molar refractivity (Wildman–Crippen MR) is 157 cm³/mol. The molecule has 0 spiro atoms. The second-order valence-electron chi connectivity index (χ2n) is 10.3. The van der Waals surface area contributed by atoms with Crippen molar-refractivity contribution in [2.75, 3.05) is 37.3 Å². The number of nitrogens with zero attached hydrogens (tertiary/aromatic N) is 4. The summed E-state index contributed by atoms with van der Waals surface area (Å²) in [6, 6.07) is 10.1. The van der Waals surface area contributed by atoms with Crippen LogP contribution in [-0.2, 0) is 0 Å².